The van der Waals surface area contributed by atoms with Crippen molar-refractivity contribution in [2.75, 3.05) is 0 Å². The average Bonchev–Trinajstić information content (AvgIpc) is 2.10. The van der Waals surface area contributed by atoms with Crippen LogP contribution in [0.1, 0.15) is 9.75 Å². The molecule has 0 amide bonds. The first kappa shape index (κ1) is 8.74. The fraction of sp³-hybridized carbons (Fsp3) is 0.286. The van der Waals surface area contributed by atoms with Gasteiger partial charge < -0.3 is 5.11 Å². The molecule has 11 heavy (non-hydrogen) atoms. The number of hydrogen-bond acceptors (Lipinski definition) is 2. The van der Waals surface area contributed by atoms with Crippen LogP contribution in [0.3, 0.4) is 0 Å². The first-order chi connectivity index (χ1) is 5.09. The molecule has 1 heterocycles. The van der Waals surface area contributed by atoms with Crippen molar-refractivity contribution >= 4 is 33.2 Å². The maximum absolute atomic E-state index is 10.3. The zero-order valence-electron chi connectivity index (χ0n) is 5.93. The van der Waals surface area contributed by atoms with Crippen molar-refractivity contribution in [3.63, 3.8) is 0 Å². The Bertz CT molecular complexity index is 260. The van der Waals surface area contributed by atoms with Gasteiger partial charge in [0, 0.05) is 14.2 Å². The van der Waals surface area contributed by atoms with E-state index >= 15 is 0 Å². The van der Waals surface area contributed by atoms with Crippen LogP contribution in [-0.4, -0.2) is 11.1 Å². The molecule has 4 heteroatoms. The molecule has 0 aliphatic heterocycles. The van der Waals surface area contributed by atoms with E-state index in [2.05, 4.69) is 15.9 Å². The lowest BCUT2D eigenvalue weighted by atomic mass is 10.3. The molecule has 1 aromatic rings. The lowest BCUT2D eigenvalue weighted by Gasteiger charge is -1.86. The molecular weight excluding hydrogens is 228 g/mol. The van der Waals surface area contributed by atoms with Crippen LogP contribution in [0.15, 0.2) is 10.5 Å². The fourth-order valence-electron chi connectivity index (χ4n) is 0.754. The number of hydrogen-bond donors (Lipinski definition) is 1. The van der Waals surface area contributed by atoms with E-state index in [1.165, 1.54) is 11.3 Å². The van der Waals surface area contributed by atoms with Crippen LogP contribution in [0.5, 0.6) is 0 Å². The molecule has 0 aromatic carbocycles. The van der Waals surface area contributed by atoms with Crippen molar-refractivity contribution in [2.45, 2.75) is 13.3 Å². The second-order valence-electron chi connectivity index (χ2n) is 2.19. The molecule has 1 aromatic heterocycles. The van der Waals surface area contributed by atoms with Crippen molar-refractivity contribution in [1.29, 1.82) is 0 Å². The minimum Gasteiger partial charge on any atom is -0.481 e. The van der Waals surface area contributed by atoms with Crippen molar-refractivity contribution < 1.29 is 9.90 Å². The highest BCUT2D eigenvalue weighted by Gasteiger charge is 2.05. The standard InChI is InChI=1S/C7H7BrO2S/c1-4-6(8)2-5(11-4)3-7(9)10/h2H,3H2,1H3,(H,9,10). The predicted octanol–water partition coefficient (Wildman–Crippen LogP) is 2.45. The van der Waals surface area contributed by atoms with E-state index in [4.69, 9.17) is 5.11 Å². The van der Waals surface area contributed by atoms with Crippen LogP contribution in [0.4, 0.5) is 0 Å². The van der Waals surface area contributed by atoms with E-state index in [1.807, 2.05) is 13.0 Å². The second kappa shape index (κ2) is 3.36. The molecule has 0 bridgehead atoms. The molecule has 0 saturated carbocycles. The normalized spacial score (nSPS) is 10.0. The summed E-state index contributed by atoms with van der Waals surface area (Å²) >= 11 is 4.84. The van der Waals surface area contributed by atoms with Gasteiger partial charge in [-0.1, -0.05) is 0 Å². The number of halogens is 1. The molecule has 0 aliphatic carbocycles. The fourth-order valence-corrected chi connectivity index (χ4v) is 2.35. The van der Waals surface area contributed by atoms with E-state index in [9.17, 15) is 4.79 Å². The van der Waals surface area contributed by atoms with Crippen LogP contribution < -0.4 is 0 Å². The Kier molecular flexibility index (Phi) is 2.67. The summed E-state index contributed by atoms with van der Waals surface area (Å²) in [6, 6.07) is 1.86. The number of carbonyl (C=O) groups is 1. The van der Waals surface area contributed by atoms with Crippen LogP contribution in [0, 0.1) is 6.92 Å². The smallest absolute Gasteiger partial charge is 0.308 e. The van der Waals surface area contributed by atoms with Crippen molar-refractivity contribution in [1.82, 2.24) is 0 Å². The maximum Gasteiger partial charge on any atom is 0.308 e. The topological polar surface area (TPSA) is 37.3 Å². The van der Waals surface area contributed by atoms with Gasteiger partial charge in [0.15, 0.2) is 0 Å². The van der Waals surface area contributed by atoms with Crippen LogP contribution >= 0.6 is 27.3 Å². The summed E-state index contributed by atoms with van der Waals surface area (Å²) in [5, 5.41) is 8.46. The molecule has 2 nitrogen and oxygen atoms in total. The monoisotopic (exact) mass is 234 g/mol. The van der Waals surface area contributed by atoms with Gasteiger partial charge in [-0.25, -0.2) is 0 Å². The van der Waals surface area contributed by atoms with E-state index in [0.29, 0.717) is 0 Å². The molecule has 0 atom stereocenters. The van der Waals surface area contributed by atoms with Gasteiger partial charge in [0.2, 0.25) is 0 Å². The van der Waals surface area contributed by atoms with E-state index in [1.54, 1.807) is 0 Å². The minimum atomic E-state index is -0.779. The molecular formula is C7H7BrO2S. The number of carboxylic acid groups (broad SMARTS) is 1. The molecule has 1 rings (SSSR count). The Balaban J connectivity index is 2.81. The lowest BCUT2D eigenvalue weighted by molar-refractivity contribution is -0.136. The van der Waals surface area contributed by atoms with Crippen LogP contribution in [-0.2, 0) is 11.2 Å². The zero-order valence-corrected chi connectivity index (χ0v) is 8.33. The molecule has 0 saturated heterocycles. The van der Waals surface area contributed by atoms with Gasteiger partial charge in [-0.3, -0.25) is 4.79 Å². The molecule has 0 unspecified atom stereocenters. The van der Waals surface area contributed by atoms with Gasteiger partial charge in [-0.15, -0.1) is 11.3 Å². The molecule has 0 radical (unpaired) electrons. The number of carboxylic acids is 1. The average molecular weight is 235 g/mol. The van der Waals surface area contributed by atoms with Gasteiger partial charge >= 0.3 is 5.97 Å². The van der Waals surface area contributed by atoms with E-state index < -0.39 is 5.97 Å². The largest absolute Gasteiger partial charge is 0.481 e. The lowest BCUT2D eigenvalue weighted by Crippen LogP contribution is -1.96. The third-order valence-electron chi connectivity index (χ3n) is 1.23. The molecule has 1 N–H and O–H groups in total. The molecule has 60 valence electrons. The van der Waals surface area contributed by atoms with Crippen molar-refractivity contribution in [3.05, 3.63) is 20.3 Å². The first-order valence-corrected chi connectivity index (χ1v) is 4.67. The van der Waals surface area contributed by atoms with Crippen molar-refractivity contribution in [2.24, 2.45) is 0 Å². The minimum absolute atomic E-state index is 0.122. The summed E-state index contributed by atoms with van der Waals surface area (Å²) in [4.78, 5) is 12.3. The second-order valence-corrected chi connectivity index (χ2v) is 4.38. The summed E-state index contributed by atoms with van der Waals surface area (Å²) in [6.07, 6.45) is 0.122. The Morgan fingerprint density at radius 2 is 2.45 bits per heavy atom. The number of aryl methyl sites for hydroxylation is 1. The Hall–Kier alpha value is -0.350. The Morgan fingerprint density at radius 3 is 2.82 bits per heavy atom. The molecule has 0 spiro atoms. The highest BCUT2D eigenvalue weighted by molar-refractivity contribution is 9.10. The van der Waals surface area contributed by atoms with Gasteiger partial charge in [-0.2, -0.15) is 0 Å². The number of rotatable bonds is 2. The summed E-state index contributed by atoms with van der Waals surface area (Å²) in [5.74, 6) is -0.779. The summed E-state index contributed by atoms with van der Waals surface area (Å²) in [5.41, 5.74) is 0. The summed E-state index contributed by atoms with van der Waals surface area (Å²) in [6.45, 7) is 1.96. The van der Waals surface area contributed by atoms with Crippen LogP contribution in [0.2, 0.25) is 0 Å². The maximum atomic E-state index is 10.3. The highest BCUT2D eigenvalue weighted by Crippen LogP contribution is 2.26. The van der Waals surface area contributed by atoms with Gasteiger partial charge in [0.1, 0.15) is 0 Å². The SMILES string of the molecule is Cc1sc(CC(=O)O)cc1Br. The third kappa shape index (κ3) is 2.31. The quantitative estimate of drug-likeness (QED) is 0.854. The Labute approximate surface area is 77.0 Å². The summed E-state index contributed by atoms with van der Waals surface area (Å²) < 4.78 is 0.999. The number of aliphatic carboxylic acids is 1. The molecule has 0 aliphatic rings. The van der Waals surface area contributed by atoms with E-state index in [0.717, 1.165) is 14.2 Å². The van der Waals surface area contributed by atoms with Crippen LogP contribution in [0.25, 0.3) is 0 Å². The Morgan fingerprint density at radius 1 is 1.82 bits per heavy atom. The van der Waals surface area contributed by atoms with Gasteiger partial charge in [0.25, 0.3) is 0 Å². The zero-order chi connectivity index (χ0) is 8.43. The number of thiophene rings is 1. The summed E-state index contributed by atoms with van der Waals surface area (Å²) in [7, 11) is 0. The third-order valence-corrected chi connectivity index (χ3v) is 3.37. The van der Waals surface area contributed by atoms with Crippen molar-refractivity contribution in [3.8, 4) is 0 Å². The predicted molar refractivity (Wildman–Crippen MR) is 48.1 cm³/mol. The van der Waals surface area contributed by atoms with Gasteiger partial charge in [0.05, 0.1) is 6.42 Å². The molecule has 0 fully saturated rings. The highest BCUT2D eigenvalue weighted by atomic mass is 79.9. The first-order valence-electron chi connectivity index (χ1n) is 3.06. The van der Waals surface area contributed by atoms with Gasteiger partial charge in [-0.05, 0) is 28.9 Å². The van der Waals surface area contributed by atoms with E-state index in [-0.39, 0.29) is 6.42 Å².